The fourth-order valence-corrected chi connectivity index (χ4v) is 4.60. The summed E-state index contributed by atoms with van der Waals surface area (Å²) in [4.78, 5) is 27.2. The molecule has 1 saturated heterocycles. The zero-order valence-corrected chi connectivity index (χ0v) is 20.3. The van der Waals surface area contributed by atoms with E-state index in [9.17, 15) is 14.9 Å². The molecule has 0 saturated carbocycles. The van der Waals surface area contributed by atoms with Crippen LogP contribution >= 0.6 is 23.2 Å². The highest BCUT2D eigenvalue weighted by Crippen LogP contribution is 2.35. The molecule has 2 atom stereocenters. The van der Waals surface area contributed by atoms with Gasteiger partial charge in [-0.15, -0.1) is 0 Å². The molecule has 3 aromatic carbocycles. The van der Waals surface area contributed by atoms with Gasteiger partial charge >= 0.3 is 0 Å². The molecule has 1 aliphatic heterocycles. The zero-order valence-electron chi connectivity index (χ0n) is 18.8. The molecule has 0 spiro atoms. The van der Waals surface area contributed by atoms with Gasteiger partial charge in [-0.3, -0.25) is 9.59 Å². The Bertz CT molecular complexity index is 1300. The molecule has 0 bridgehead atoms. The fraction of sp³-hybridized carbons (Fsp3) is 0.222. The van der Waals surface area contributed by atoms with Gasteiger partial charge in [-0.1, -0.05) is 53.5 Å². The smallest absolute Gasteiger partial charge is 0.229 e. The Morgan fingerprint density at radius 2 is 1.85 bits per heavy atom. The van der Waals surface area contributed by atoms with Crippen molar-refractivity contribution in [1.29, 1.82) is 5.26 Å². The second-order valence-corrected chi connectivity index (χ2v) is 9.38. The van der Waals surface area contributed by atoms with Crippen LogP contribution in [0.25, 0.3) is 0 Å². The molecule has 1 N–H and O–H groups in total. The summed E-state index contributed by atoms with van der Waals surface area (Å²) in [6.07, 6.45) is 0.151. The van der Waals surface area contributed by atoms with Crippen LogP contribution in [0.2, 0.25) is 10.0 Å². The second-order valence-electron chi connectivity index (χ2n) is 8.54. The van der Waals surface area contributed by atoms with E-state index in [0.717, 1.165) is 22.4 Å². The number of hydrogen-bond donors (Lipinski definition) is 1. The van der Waals surface area contributed by atoms with Crippen molar-refractivity contribution in [3.8, 4) is 6.07 Å². The van der Waals surface area contributed by atoms with Gasteiger partial charge in [0.15, 0.2) is 0 Å². The Balaban J connectivity index is 1.51. The lowest BCUT2D eigenvalue weighted by Crippen LogP contribution is -2.28. The minimum atomic E-state index is -0.566. The number of benzene rings is 3. The second kappa shape index (κ2) is 9.89. The van der Waals surface area contributed by atoms with Crippen LogP contribution in [0.15, 0.2) is 60.7 Å². The molecule has 172 valence electrons. The fourth-order valence-electron chi connectivity index (χ4n) is 4.20. The number of carbonyl (C=O) groups excluding carboxylic acids is 2. The maximum atomic E-state index is 13.0. The molecule has 5 nitrogen and oxygen atoms in total. The number of carbonyl (C=O) groups is 2. The maximum absolute atomic E-state index is 13.0. The quantitative estimate of drug-likeness (QED) is 0.457. The van der Waals surface area contributed by atoms with E-state index in [1.165, 1.54) is 0 Å². The van der Waals surface area contributed by atoms with Crippen LogP contribution < -0.4 is 10.2 Å². The summed E-state index contributed by atoms with van der Waals surface area (Å²) in [6, 6.07) is 20.5. The van der Waals surface area contributed by atoms with Gasteiger partial charge in [0.25, 0.3) is 0 Å². The molecular formula is C27H23Cl2N3O2. The number of hydrogen-bond acceptors (Lipinski definition) is 3. The van der Waals surface area contributed by atoms with E-state index in [2.05, 4.69) is 11.4 Å². The highest BCUT2D eigenvalue weighted by molar-refractivity contribution is 6.32. The van der Waals surface area contributed by atoms with Crippen LogP contribution in [0.4, 0.5) is 11.4 Å². The van der Waals surface area contributed by atoms with Crippen LogP contribution in [-0.4, -0.2) is 18.4 Å². The van der Waals surface area contributed by atoms with Gasteiger partial charge in [0, 0.05) is 34.4 Å². The molecule has 1 heterocycles. The van der Waals surface area contributed by atoms with Crippen LogP contribution in [-0.2, 0) is 9.59 Å². The third-order valence-corrected chi connectivity index (χ3v) is 6.63. The van der Waals surface area contributed by atoms with Crippen LogP contribution in [0, 0.1) is 31.1 Å². The first-order valence-corrected chi connectivity index (χ1v) is 11.7. The zero-order chi connectivity index (χ0) is 24.4. The number of nitriles is 1. The molecule has 2 unspecified atom stereocenters. The van der Waals surface area contributed by atoms with Gasteiger partial charge in [-0.05, 0) is 66.4 Å². The molecule has 0 aromatic heterocycles. The van der Waals surface area contributed by atoms with Gasteiger partial charge in [-0.25, -0.2) is 0 Å². The monoisotopic (exact) mass is 491 g/mol. The predicted octanol–water partition coefficient (Wildman–Crippen LogP) is 6.26. The van der Waals surface area contributed by atoms with Crippen LogP contribution in [0.3, 0.4) is 0 Å². The number of aryl methyl sites for hydroxylation is 2. The van der Waals surface area contributed by atoms with Crippen molar-refractivity contribution < 1.29 is 9.59 Å². The van der Waals surface area contributed by atoms with Crippen LogP contribution in [0.5, 0.6) is 0 Å². The van der Waals surface area contributed by atoms with Crippen molar-refractivity contribution in [1.82, 2.24) is 0 Å². The molecule has 34 heavy (non-hydrogen) atoms. The Hall–Kier alpha value is -3.33. The van der Waals surface area contributed by atoms with E-state index >= 15 is 0 Å². The van der Waals surface area contributed by atoms with Gasteiger partial charge in [0.1, 0.15) is 0 Å². The average Bonchev–Trinajstić information content (AvgIpc) is 3.20. The lowest BCUT2D eigenvalue weighted by atomic mass is 9.91. The third-order valence-electron chi connectivity index (χ3n) is 6.05. The van der Waals surface area contributed by atoms with Gasteiger partial charge in [0.05, 0.1) is 17.9 Å². The highest BCUT2D eigenvalue weighted by atomic mass is 35.5. The number of amides is 2. The van der Waals surface area contributed by atoms with Gasteiger partial charge in [0.2, 0.25) is 11.8 Å². The summed E-state index contributed by atoms with van der Waals surface area (Å²) < 4.78 is 0. The first kappa shape index (κ1) is 23.8. The SMILES string of the molecule is Cc1cccc(N2CC(C(=O)Nc3cc(Cl)c(C(C#N)c4ccc(Cl)cc4)cc3C)CC2=O)c1. The predicted molar refractivity (Wildman–Crippen MR) is 135 cm³/mol. The van der Waals surface area contributed by atoms with Crippen molar-refractivity contribution in [2.75, 3.05) is 16.8 Å². The number of halogens is 2. The molecule has 1 aliphatic rings. The number of rotatable bonds is 5. The molecule has 3 aromatic rings. The number of anilines is 2. The third kappa shape index (κ3) is 4.94. The van der Waals surface area contributed by atoms with Crippen LogP contribution in [0.1, 0.15) is 34.6 Å². The number of nitrogens with zero attached hydrogens (tertiary/aromatic N) is 2. The van der Waals surface area contributed by atoms with E-state index in [-0.39, 0.29) is 18.2 Å². The van der Waals surface area contributed by atoms with Gasteiger partial charge in [-0.2, -0.15) is 5.26 Å². The first-order chi connectivity index (χ1) is 16.3. The molecule has 4 rings (SSSR count). The summed E-state index contributed by atoms with van der Waals surface area (Å²) in [5.41, 5.74) is 4.63. The van der Waals surface area contributed by atoms with E-state index < -0.39 is 11.8 Å². The molecule has 2 amide bonds. The average molecular weight is 492 g/mol. The normalized spacial score (nSPS) is 16.3. The minimum Gasteiger partial charge on any atom is -0.325 e. The molecule has 0 radical (unpaired) electrons. The lowest BCUT2D eigenvalue weighted by Gasteiger charge is -2.18. The molecular weight excluding hydrogens is 469 g/mol. The van der Waals surface area contributed by atoms with Crippen molar-refractivity contribution in [2.45, 2.75) is 26.2 Å². The van der Waals surface area contributed by atoms with Crippen molar-refractivity contribution >= 4 is 46.4 Å². The van der Waals surface area contributed by atoms with Gasteiger partial charge < -0.3 is 10.2 Å². The minimum absolute atomic E-state index is 0.0734. The first-order valence-electron chi connectivity index (χ1n) is 10.9. The Kier molecular flexibility index (Phi) is 6.92. The van der Waals surface area contributed by atoms with E-state index in [1.807, 2.05) is 44.2 Å². The van der Waals surface area contributed by atoms with Crippen molar-refractivity contribution in [2.24, 2.45) is 5.92 Å². The Morgan fingerprint density at radius 3 is 2.53 bits per heavy atom. The molecule has 0 aliphatic carbocycles. The lowest BCUT2D eigenvalue weighted by molar-refractivity contribution is -0.122. The Labute approximate surface area is 208 Å². The molecule has 7 heteroatoms. The van der Waals surface area contributed by atoms with Crippen molar-refractivity contribution in [3.63, 3.8) is 0 Å². The van der Waals surface area contributed by atoms with E-state index in [1.54, 1.807) is 35.2 Å². The topological polar surface area (TPSA) is 73.2 Å². The number of nitrogens with one attached hydrogen (secondary N) is 1. The summed E-state index contributed by atoms with van der Waals surface area (Å²) >= 11 is 12.5. The summed E-state index contributed by atoms with van der Waals surface area (Å²) in [6.45, 7) is 4.14. The van der Waals surface area contributed by atoms with Crippen molar-refractivity contribution in [3.05, 3.63) is 93.0 Å². The Morgan fingerprint density at radius 1 is 1.12 bits per heavy atom. The van der Waals surface area contributed by atoms with E-state index in [4.69, 9.17) is 23.2 Å². The van der Waals surface area contributed by atoms with E-state index in [0.29, 0.717) is 27.8 Å². The highest BCUT2D eigenvalue weighted by Gasteiger charge is 2.35. The summed E-state index contributed by atoms with van der Waals surface area (Å²) in [5.74, 6) is -1.34. The maximum Gasteiger partial charge on any atom is 0.229 e. The summed E-state index contributed by atoms with van der Waals surface area (Å²) in [7, 11) is 0. The standard InChI is InChI=1S/C27H23Cl2N3O2/c1-16-4-3-5-21(10-16)32-15-19(12-26(32)33)27(34)31-25-13-24(29)22(11-17(25)2)23(14-30)18-6-8-20(28)9-7-18/h3-11,13,19,23H,12,15H2,1-2H3,(H,31,34). The largest absolute Gasteiger partial charge is 0.325 e. The summed E-state index contributed by atoms with van der Waals surface area (Å²) in [5, 5.41) is 13.7. The molecule has 1 fully saturated rings.